The SMILES string of the molecule is CC1CCCCc2ccccc21.Cc1cccc2c1CCCC2. The van der Waals surface area contributed by atoms with Gasteiger partial charge in [0, 0.05) is 0 Å². The molecule has 122 valence electrons. The molecule has 1 atom stereocenters. The molecule has 2 aliphatic carbocycles. The largest absolute Gasteiger partial charge is 0.0620 e. The fraction of sp³-hybridized carbons (Fsp3) is 0.478. The summed E-state index contributed by atoms with van der Waals surface area (Å²) < 4.78 is 0. The van der Waals surface area contributed by atoms with Crippen LogP contribution in [0.15, 0.2) is 42.5 Å². The lowest BCUT2D eigenvalue weighted by Crippen LogP contribution is -2.03. The zero-order chi connectivity index (χ0) is 16.1. The predicted octanol–water partition coefficient (Wildman–Crippen LogP) is 6.39. The summed E-state index contributed by atoms with van der Waals surface area (Å²) in [6.07, 6.45) is 10.8. The Morgan fingerprint density at radius 1 is 0.739 bits per heavy atom. The van der Waals surface area contributed by atoms with Crippen molar-refractivity contribution in [2.24, 2.45) is 0 Å². The molecular weight excluding hydrogens is 276 g/mol. The zero-order valence-corrected chi connectivity index (χ0v) is 14.8. The van der Waals surface area contributed by atoms with Gasteiger partial charge in [0.1, 0.15) is 0 Å². The van der Waals surface area contributed by atoms with Gasteiger partial charge in [0.15, 0.2) is 0 Å². The van der Waals surface area contributed by atoms with Crippen LogP contribution in [0.5, 0.6) is 0 Å². The highest BCUT2D eigenvalue weighted by Gasteiger charge is 2.13. The Kier molecular flexibility index (Phi) is 5.54. The van der Waals surface area contributed by atoms with Crippen LogP contribution < -0.4 is 0 Å². The lowest BCUT2D eigenvalue weighted by molar-refractivity contribution is 0.635. The summed E-state index contributed by atoms with van der Waals surface area (Å²) in [5, 5.41) is 0. The smallest absolute Gasteiger partial charge is 0.0188 e. The van der Waals surface area contributed by atoms with E-state index in [-0.39, 0.29) is 0 Å². The Morgan fingerprint density at radius 3 is 2.30 bits per heavy atom. The molecule has 0 fully saturated rings. The van der Waals surface area contributed by atoms with E-state index in [9.17, 15) is 0 Å². The van der Waals surface area contributed by atoms with Crippen molar-refractivity contribution in [1.29, 1.82) is 0 Å². The summed E-state index contributed by atoms with van der Waals surface area (Å²) >= 11 is 0. The fourth-order valence-electron chi connectivity index (χ4n) is 4.14. The molecule has 0 radical (unpaired) electrons. The summed E-state index contributed by atoms with van der Waals surface area (Å²) in [4.78, 5) is 0. The Balaban J connectivity index is 0.000000136. The Hall–Kier alpha value is -1.56. The van der Waals surface area contributed by atoms with Crippen LogP contribution >= 0.6 is 0 Å². The molecule has 0 nitrogen and oxygen atoms in total. The van der Waals surface area contributed by atoms with E-state index in [0.29, 0.717) is 0 Å². The van der Waals surface area contributed by atoms with E-state index in [0.717, 1.165) is 5.92 Å². The number of aryl methyl sites for hydroxylation is 3. The Labute approximate surface area is 141 Å². The van der Waals surface area contributed by atoms with E-state index in [2.05, 4.69) is 56.3 Å². The van der Waals surface area contributed by atoms with Crippen molar-refractivity contribution < 1.29 is 0 Å². The van der Waals surface area contributed by atoms with Crippen molar-refractivity contribution in [2.45, 2.75) is 71.1 Å². The molecule has 0 saturated carbocycles. The van der Waals surface area contributed by atoms with Crippen LogP contribution in [0.3, 0.4) is 0 Å². The van der Waals surface area contributed by atoms with Gasteiger partial charge in [0.05, 0.1) is 0 Å². The molecule has 0 N–H and O–H groups in total. The second kappa shape index (κ2) is 7.81. The van der Waals surface area contributed by atoms with Gasteiger partial charge in [-0.25, -0.2) is 0 Å². The average Bonchev–Trinajstić information content (AvgIpc) is 2.78. The molecule has 0 aromatic heterocycles. The van der Waals surface area contributed by atoms with Gasteiger partial charge in [0.2, 0.25) is 0 Å². The van der Waals surface area contributed by atoms with Crippen molar-refractivity contribution in [2.75, 3.05) is 0 Å². The second-order valence-corrected chi connectivity index (χ2v) is 7.27. The maximum atomic E-state index is 2.35. The highest BCUT2D eigenvalue weighted by molar-refractivity contribution is 5.36. The normalized spacial score (nSPS) is 19.7. The monoisotopic (exact) mass is 306 g/mol. The highest BCUT2D eigenvalue weighted by atomic mass is 14.2. The van der Waals surface area contributed by atoms with Gasteiger partial charge in [-0.3, -0.25) is 0 Å². The van der Waals surface area contributed by atoms with Gasteiger partial charge < -0.3 is 0 Å². The number of benzene rings is 2. The van der Waals surface area contributed by atoms with Gasteiger partial charge >= 0.3 is 0 Å². The summed E-state index contributed by atoms with van der Waals surface area (Å²) in [6.45, 7) is 4.58. The minimum atomic E-state index is 0.781. The van der Waals surface area contributed by atoms with Crippen LogP contribution in [0, 0.1) is 6.92 Å². The summed E-state index contributed by atoms with van der Waals surface area (Å²) in [7, 11) is 0. The zero-order valence-electron chi connectivity index (χ0n) is 14.8. The molecule has 0 aliphatic heterocycles. The maximum absolute atomic E-state index is 2.35. The van der Waals surface area contributed by atoms with Crippen LogP contribution in [0.25, 0.3) is 0 Å². The highest BCUT2D eigenvalue weighted by Crippen LogP contribution is 2.29. The Morgan fingerprint density at radius 2 is 1.43 bits per heavy atom. The molecule has 2 aliphatic rings. The van der Waals surface area contributed by atoms with Crippen LogP contribution in [0.4, 0.5) is 0 Å². The number of hydrogen-bond donors (Lipinski definition) is 0. The molecule has 4 rings (SSSR count). The molecule has 2 aromatic carbocycles. The molecule has 0 spiro atoms. The molecule has 0 heterocycles. The summed E-state index contributed by atoms with van der Waals surface area (Å²) in [6, 6.07) is 15.6. The van der Waals surface area contributed by atoms with Crippen molar-refractivity contribution in [3.05, 3.63) is 70.3 Å². The molecule has 0 saturated heterocycles. The third-order valence-corrected chi connectivity index (χ3v) is 5.55. The number of fused-ring (bicyclic) bond motifs is 2. The molecule has 0 amide bonds. The van der Waals surface area contributed by atoms with E-state index in [1.807, 2.05) is 0 Å². The number of hydrogen-bond acceptors (Lipinski definition) is 0. The molecular formula is C23H30. The minimum absolute atomic E-state index is 0.781. The molecule has 0 bridgehead atoms. The van der Waals surface area contributed by atoms with Gasteiger partial charge in [-0.2, -0.15) is 0 Å². The lowest BCUT2D eigenvalue weighted by atomic mass is 9.89. The lowest BCUT2D eigenvalue weighted by Gasteiger charge is -2.17. The molecule has 1 unspecified atom stereocenters. The van der Waals surface area contributed by atoms with Gasteiger partial charge in [0.25, 0.3) is 0 Å². The van der Waals surface area contributed by atoms with Gasteiger partial charge in [-0.15, -0.1) is 0 Å². The standard InChI is InChI=1S/C12H16.C11H14/c1-10-6-2-3-7-11-8-4-5-9-12(10)11;1-9-5-4-7-10-6-2-3-8-11(9)10/h4-5,8-10H,2-3,6-7H2,1H3;4-5,7H,2-3,6,8H2,1H3. The van der Waals surface area contributed by atoms with E-state index < -0.39 is 0 Å². The second-order valence-electron chi connectivity index (χ2n) is 7.27. The first-order valence-electron chi connectivity index (χ1n) is 9.41. The van der Waals surface area contributed by atoms with Crippen molar-refractivity contribution >= 4 is 0 Å². The average molecular weight is 306 g/mol. The van der Waals surface area contributed by atoms with Gasteiger partial charge in [-0.05, 0) is 85.6 Å². The quantitative estimate of drug-likeness (QED) is 0.495. The van der Waals surface area contributed by atoms with E-state index in [4.69, 9.17) is 0 Å². The van der Waals surface area contributed by atoms with Crippen molar-refractivity contribution in [3.63, 3.8) is 0 Å². The first-order valence-corrected chi connectivity index (χ1v) is 9.41. The minimum Gasteiger partial charge on any atom is -0.0620 e. The molecule has 2 aromatic rings. The first kappa shape index (κ1) is 16.3. The molecule has 0 heteroatoms. The molecule has 23 heavy (non-hydrogen) atoms. The van der Waals surface area contributed by atoms with E-state index in [1.165, 1.54) is 56.9 Å². The van der Waals surface area contributed by atoms with Crippen LogP contribution in [-0.4, -0.2) is 0 Å². The Bertz CT molecular complexity index is 638. The van der Waals surface area contributed by atoms with Crippen molar-refractivity contribution in [1.82, 2.24) is 0 Å². The predicted molar refractivity (Wildman–Crippen MR) is 100 cm³/mol. The van der Waals surface area contributed by atoms with E-state index >= 15 is 0 Å². The summed E-state index contributed by atoms with van der Waals surface area (Å²) in [5.41, 5.74) is 7.88. The van der Waals surface area contributed by atoms with Crippen molar-refractivity contribution in [3.8, 4) is 0 Å². The van der Waals surface area contributed by atoms with Crippen LogP contribution in [-0.2, 0) is 19.3 Å². The maximum Gasteiger partial charge on any atom is -0.0188 e. The fourth-order valence-corrected chi connectivity index (χ4v) is 4.14. The first-order chi connectivity index (χ1) is 11.3. The number of rotatable bonds is 0. The third-order valence-electron chi connectivity index (χ3n) is 5.55. The summed E-state index contributed by atoms with van der Waals surface area (Å²) in [5.74, 6) is 0.781. The van der Waals surface area contributed by atoms with E-state index in [1.54, 1.807) is 22.3 Å². The van der Waals surface area contributed by atoms with Crippen LogP contribution in [0.1, 0.15) is 72.8 Å². The van der Waals surface area contributed by atoms with Crippen LogP contribution in [0.2, 0.25) is 0 Å². The van der Waals surface area contributed by atoms with Gasteiger partial charge in [-0.1, -0.05) is 55.8 Å². The third kappa shape index (κ3) is 4.05. The topological polar surface area (TPSA) is 0 Å².